The number of likely N-dealkylation sites (tertiary alicyclic amines) is 1. The molecule has 32 heavy (non-hydrogen) atoms. The highest BCUT2D eigenvalue weighted by molar-refractivity contribution is 5.88. The van der Waals surface area contributed by atoms with Gasteiger partial charge in [0.05, 0.1) is 0 Å². The maximum Gasteiger partial charge on any atom is 0.258 e. The van der Waals surface area contributed by atoms with Gasteiger partial charge in [0, 0.05) is 5.56 Å². The predicted molar refractivity (Wildman–Crippen MR) is 127 cm³/mol. The highest BCUT2D eigenvalue weighted by atomic mass is 16.5. The molecule has 1 saturated heterocycles. The summed E-state index contributed by atoms with van der Waals surface area (Å²) in [5.41, 5.74) is 2.51. The summed E-state index contributed by atoms with van der Waals surface area (Å²) in [4.78, 5) is 7.01. The third kappa shape index (κ3) is 4.13. The summed E-state index contributed by atoms with van der Waals surface area (Å²) >= 11 is 0. The molecule has 0 bridgehead atoms. The first kappa shape index (κ1) is 20.7. The third-order valence-electron chi connectivity index (χ3n) is 6.77. The second-order valence-corrected chi connectivity index (χ2v) is 8.85. The summed E-state index contributed by atoms with van der Waals surface area (Å²) in [6.45, 7) is 8.37. The van der Waals surface area contributed by atoms with Crippen LogP contribution in [-0.2, 0) is 12.0 Å². The maximum absolute atomic E-state index is 6.07. The molecule has 1 aliphatic rings. The maximum atomic E-state index is 6.07. The van der Waals surface area contributed by atoms with E-state index >= 15 is 0 Å². The van der Waals surface area contributed by atoms with Gasteiger partial charge in [-0.1, -0.05) is 61.5 Å². The zero-order valence-corrected chi connectivity index (χ0v) is 18.8. The predicted octanol–water partition coefficient (Wildman–Crippen LogP) is 5.84. The molecule has 5 nitrogen and oxygen atoms in total. The second kappa shape index (κ2) is 8.75. The molecule has 0 spiro atoms. The lowest BCUT2D eigenvalue weighted by molar-refractivity contribution is 0.177. The van der Waals surface area contributed by atoms with Crippen molar-refractivity contribution < 1.29 is 9.26 Å². The van der Waals surface area contributed by atoms with E-state index in [4.69, 9.17) is 9.26 Å². The van der Waals surface area contributed by atoms with Crippen molar-refractivity contribution in [2.24, 2.45) is 0 Å². The Balaban J connectivity index is 1.36. The zero-order valence-electron chi connectivity index (χ0n) is 18.8. The van der Waals surface area contributed by atoms with Crippen LogP contribution in [0, 0.1) is 0 Å². The SMILES string of the molecule is CCN1CCC(C)(c2cccc3ccc(OCc4noc(-c5ccccc5)n4)cc23)CC1. The Hall–Kier alpha value is -3.18. The minimum atomic E-state index is 0.183. The van der Waals surface area contributed by atoms with Crippen molar-refractivity contribution in [2.45, 2.75) is 38.7 Å². The molecule has 0 N–H and O–H groups in total. The average Bonchev–Trinajstić information content (AvgIpc) is 3.32. The number of nitrogens with zero attached hydrogens (tertiary/aromatic N) is 3. The smallest absolute Gasteiger partial charge is 0.258 e. The molecule has 2 heterocycles. The number of rotatable bonds is 6. The number of fused-ring (bicyclic) bond motifs is 1. The number of piperidine rings is 1. The second-order valence-electron chi connectivity index (χ2n) is 8.85. The number of hydrogen-bond acceptors (Lipinski definition) is 5. The first-order chi connectivity index (χ1) is 15.6. The van der Waals surface area contributed by atoms with E-state index in [1.54, 1.807) is 0 Å². The number of ether oxygens (including phenoxy) is 1. The van der Waals surface area contributed by atoms with Gasteiger partial charge in [0.1, 0.15) is 5.75 Å². The van der Waals surface area contributed by atoms with Gasteiger partial charge >= 0.3 is 0 Å². The molecule has 1 aliphatic heterocycles. The van der Waals surface area contributed by atoms with Crippen LogP contribution < -0.4 is 4.74 Å². The molecule has 4 aromatic rings. The molecule has 5 rings (SSSR count). The molecular formula is C27H29N3O2. The van der Waals surface area contributed by atoms with E-state index < -0.39 is 0 Å². The average molecular weight is 428 g/mol. The van der Waals surface area contributed by atoms with Gasteiger partial charge in [-0.15, -0.1) is 0 Å². The van der Waals surface area contributed by atoms with Crippen LogP contribution in [0.1, 0.15) is 38.1 Å². The van der Waals surface area contributed by atoms with Gasteiger partial charge in [-0.25, -0.2) is 0 Å². The van der Waals surface area contributed by atoms with E-state index in [2.05, 4.69) is 59.2 Å². The lowest BCUT2D eigenvalue weighted by Gasteiger charge is -2.40. The van der Waals surface area contributed by atoms with Gasteiger partial charge in [-0.05, 0) is 78.5 Å². The van der Waals surface area contributed by atoms with E-state index in [0.717, 1.165) is 30.9 Å². The summed E-state index contributed by atoms with van der Waals surface area (Å²) < 4.78 is 11.5. The Labute approximate surface area is 189 Å². The summed E-state index contributed by atoms with van der Waals surface area (Å²) in [7, 11) is 0. The molecular weight excluding hydrogens is 398 g/mol. The normalized spacial score (nSPS) is 16.3. The lowest BCUT2D eigenvalue weighted by atomic mass is 9.73. The molecule has 1 aromatic heterocycles. The van der Waals surface area contributed by atoms with Crippen molar-refractivity contribution in [3.8, 4) is 17.2 Å². The van der Waals surface area contributed by atoms with Crippen molar-refractivity contribution in [1.82, 2.24) is 15.0 Å². The monoisotopic (exact) mass is 427 g/mol. The molecule has 0 radical (unpaired) electrons. The Bertz CT molecular complexity index is 1190. The summed E-state index contributed by atoms with van der Waals surface area (Å²) in [5, 5.41) is 6.59. The van der Waals surface area contributed by atoms with E-state index in [1.165, 1.54) is 29.2 Å². The van der Waals surface area contributed by atoms with E-state index in [0.29, 0.717) is 11.7 Å². The van der Waals surface area contributed by atoms with Crippen LogP contribution in [0.25, 0.3) is 22.2 Å². The molecule has 1 fully saturated rings. The first-order valence-corrected chi connectivity index (χ1v) is 11.4. The van der Waals surface area contributed by atoms with Crippen LogP contribution in [-0.4, -0.2) is 34.7 Å². The summed E-state index contributed by atoms with van der Waals surface area (Å²) in [5.74, 6) is 1.87. The Kier molecular flexibility index (Phi) is 5.66. The van der Waals surface area contributed by atoms with Crippen LogP contribution in [0.5, 0.6) is 5.75 Å². The van der Waals surface area contributed by atoms with Crippen molar-refractivity contribution >= 4 is 10.8 Å². The molecule has 3 aromatic carbocycles. The van der Waals surface area contributed by atoms with Crippen molar-refractivity contribution in [3.63, 3.8) is 0 Å². The van der Waals surface area contributed by atoms with Crippen LogP contribution in [0.15, 0.2) is 71.3 Å². The molecule has 0 amide bonds. The van der Waals surface area contributed by atoms with Crippen molar-refractivity contribution in [1.29, 1.82) is 0 Å². The van der Waals surface area contributed by atoms with E-state index in [1.807, 2.05) is 36.4 Å². The van der Waals surface area contributed by atoms with Gasteiger partial charge < -0.3 is 14.2 Å². The molecule has 164 valence electrons. The molecule has 0 unspecified atom stereocenters. The molecule has 5 heteroatoms. The van der Waals surface area contributed by atoms with Gasteiger partial charge in [-0.2, -0.15) is 4.98 Å². The summed E-state index contributed by atoms with van der Waals surface area (Å²) in [6, 6.07) is 22.8. The van der Waals surface area contributed by atoms with E-state index in [9.17, 15) is 0 Å². The van der Waals surface area contributed by atoms with Crippen LogP contribution in [0.3, 0.4) is 0 Å². The van der Waals surface area contributed by atoms with Gasteiger partial charge in [0.15, 0.2) is 6.61 Å². The Morgan fingerprint density at radius 3 is 2.59 bits per heavy atom. The van der Waals surface area contributed by atoms with Gasteiger partial charge in [0.25, 0.3) is 5.89 Å². The Morgan fingerprint density at radius 1 is 1.00 bits per heavy atom. The minimum Gasteiger partial charge on any atom is -0.485 e. The highest BCUT2D eigenvalue weighted by Gasteiger charge is 2.32. The standard InChI is InChI=1S/C27H29N3O2/c1-3-30-16-14-27(2,15-17-30)24-11-7-10-20-12-13-22(18-23(20)24)31-19-25-28-26(32-29-25)21-8-5-4-6-9-21/h4-13,18H,3,14-17,19H2,1-2H3. The number of aromatic nitrogens is 2. The van der Waals surface area contributed by atoms with E-state index in [-0.39, 0.29) is 12.0 Å². The fourth-order valence-electron chi connectivity index (χ4n) is 4.66. The number of hydrogen-bond donors (Lipinski definition) is 0. The minimum absolute atomic E-state index is 0.183. The largest absolute Gasteiger partial charge is 0.485 e. The molecule has 0 atom stereocenters. The van der Waals surface area contributed by atoms with Crippen LogP contribution >= 0.6 is 0 Å². The zero-order chi connectivity index (χ0) is 22.0. The van der Waals surface area contributed by atoms with Gasteiger partial charge in [0.2, 0.25) is 5.82 Å². The Morgan fingerprint density at radius 2 is 1.81 bits per heavy atom. The van der Waals surface area contributed by atoms with Crippen LogP contribution in [0.4, 0.5) is 0 Å². The quantitative estimate of drug-likeness (QED) is 0.387. The highest BCUT2D eigenvalue weighted by Crippen LogP contribution is 2.39. The third-order valence-corrected chi connectivity index (χ3v) is 6.77. The fourth-order valence-corrected chi connectivity index (χ4v) is 4.66. The molecule has 0 aliphatic carbocycles. The molecule has 0 saturated carbocycles. The van der Waals surface area contributed by atoms with Crippen molar-refractivity contribution in [3.05, 3.63) is 78.1 Å². The first-order valence-electron chi connectivity index (χ1n) is 11.4. The van der Waals surface area contributed by atoms with Crippen LogP contribution in [0.2, 0.25) is 0 Å². The van der Waals surface area contributed by atoms with Crippen molar-refractivity contribution in [2.75, 3.05) is 19.6 Å². The lowest BCUT2D eigenvalue weighted by Crippen LogP contribution is -2.40. The topological polar surface area (TPSA) is 51.4 Å². The fraction of sp³-hybridized carbons (Fsp3) is 0.333. The number of benzene rings is 3. The van der Waals surface area contributed by atoms with Gasteiger partial charge in [-0.3, -0.25) is 0 Å². The summed E-state index contributed by atoms with van der Waals surface area (Å²) in [6.07, 6.45) is 2.35.